The van der Waals surface area contributed by atoms with Gasteiger partial charge in [0.05, 0.1) is 18.4 Å². The molecule has 0 saturated heterocycles. The molecule has 2 aromatic rings. The number of ketones is 1. The van der Waals surface area contributed by atoms with Gasteiger partial charge in [0.25, 0.3) is 0 Å². The Kier molecular flexibility index (Phi) is 8.13. The van der Waals surface area contributed by atoms with Crippen LogP contribution in [0.25, 0.3) is 0 Å². The number of ether oxygens (including phenoxy) is 2. The van der Waals surface area contributed by atoms with Gasteiger partial charge >= 0.3 is 5.97 Å². The van der Waals surface area contributed by atoms with Gasteiger partial charge in [-0.2, -0.15) is 0 Å². The lowest BCUT2D eigenvalue weighted by atomic mass is 10.1. The van der Waals surface area contributed by atoms with E-state index in [0.29, 0.717) is 12.2 Å². The molecule has 27 heavy (non-hydrogen) atoms. The highest BCUT2D eigenvalue weighted by atomic mass is 79.9. The van der Waals surface area contributed by atoms with Crippen LogP contribution in [0.15, 0.2) is 39.7 Å². The maximum Gasteiger partial charge on any atom is 0.316 e. The quantitative estimate of drug-likeness (QED) is 0.315. The molecule has 5 nitrogen and oxygen atoms in total. The zero-order chi connectivity index (χ0) is 20.0. The van der Waals surface area contributed by atoms with Crippen LogP contribution in [-0.4, -0.2) is 42.4 Å². The Morgan fingerprint density at radius 3 is 2.52 bits per heavy atom. The van der Waals surface area contributed by atoms with E-state index in [1.54, 1.807) is 7.11 Å². The van der Waals surface area contributed by atoms with Gasteiger partial charge in [0, 0.05) is 33.4 Å². The third kappa shape index (κ3) is 5.96. The minimum Gasteiger partial charge on any atom is -0.457 e. The first kappa shape index (κ1) is 21.7. The molecular weight excluding hydrogens is 430 g/mol. The van der Waals surface area contributed by atoms with Crippen molar-refractivity contribution in [1.29, 1.82) is 0 Å². The summed E-state index contributed by atoms with van der Waals surface area (Å²) in [4.78, 5) is 25.4. The zero-order valence-electron chi connectivity index (χ0n) is 16.0. The van der Waals surface area contributed by atoms with Gasteiger partial charge in [-0.05, 0) is 51.1 Å². The van der Waals surface area contributed by atoms with Crippen molar-refractivity contribution in [2.75, 3.05) is 26.1 Å². The van der Waals surface area contributed by atoms with Crippen LogP contribution in [0, 0.1) is 13.8 Å². The maximum atomic E-state index is 12.5. The molecular formula is C20H24BrNO4S. The van der Waals surface area contributed by atoms with Crippen molar-refractivity contribution >= 4 is 39.4 Å². The fraction of sp³-hybridized carbons (Fsp3) is 0.400. The predicted molar refractivity (Wildman–Crippen MR) is 111 cm³/mol. The van der Waals surface area contributed by atoms with Gasteiger partial charge in [-0.15, -0.1) is 11.8 Å². The molecule has 1 atom stereocenters. The van der Waals surface area contributed by atoms with Gasteiger partial charge in [-0.1, -0.05) is 15.9 Å². The molecule has 1 aromatic heterocycles. The zero-order valence-corrected chi connectivity index (χ0v) is 18.4. The standard InChI is InChI=1S/C20H24BrNO4S/c1-13-9-18(15(3)22(13)14(2)10-25-4)19(23)11-26-20(24)12-27-17-7-5-16(21)6-8-17/h5-9,14H,10-12H2,1-4H3. The van der Waals surface area contributed by atoms with E-state index in [1.807, 2.05) is 51.1 Å². The van der Waals surface area contributed by atoms with Crippen LogP contribution in [0.1, 0.15) is 34.7 Å². The molecule has 1 unspecified atom stereocenters. The van der Waals surface area contributed by atoms with Gasteiger partial charge in [0.1, 0.15) is 0 Å². The molecule has 0 aliphatic rings. The number of aryl methyl sites for hydroxylation is 1. The third-order valence-corrected chi connectivity index (χ3v) is 5.68. The van der Waals surface area contributed by atoms with Crippen molar-refractivity contribution in [1.82, 2.24) is 4.57 Å². The van der Waals surface area contributed by atoms with Crippen molar-refractivity contribution in [3.63, 3.8) is 0 Å². The fourth-order valence-electron chi connectivity index (χ4n) is 2.99. The van der Waals surface area contributed by atoms with Gasteiger partial charge in [0.15, 0.2) is 6.61 Å². The summed E-state index contributed by atoms with van der Waals surface area (Å²) in [6, 6.07) is 9.64. The lowest BCUT2D eigenvalue weighted by Gasteiger charge is -2.17. The first-order chi connectivity index (χ1) is 12.8. The number of hydrogen-bond donors (Lipinski definition) is 0. The van der Waals surface area contributed by atoms with E-state index >= 15 is 0 Å². The topological polar surface area (TPSA) is 57.5 Å². The minimum atomic E-state index is -0.405. The first-order valence-electron chi connectivity index (χ1n) is 8.58. The molecule has 2 rings (SSSR count). The minimum absolute atomic E-state index is 0.126. The van der Waals surface area contributed by atoms with E-state index in [2.05, 4.69) is 20.5 Å². The van der Waals surface area contributed by atoms with Gasteiger partial charge in [-0.25, -0.2) is 0 Å². The van der Waals surface area contributed by atoms with Crippen molar-refractivity contribution in [2.24, 2.45) is 0 Å². The number of thioether (sulfide) groups is 1. The van der Waals surface area contributed by atoms with Crippen molar-refractivity contribution in [3.05, 3.63) is 51.8 Å². The molecule has 1 aromatic carbocycles. The number of rotatable bonds is 9. The molecule has 0 fully saturated rings. The van der Waals surface area contributed by atoms with Gasteiger partial charge in [0.2, 0.25) is 5.78 Å². The van der Waals surface area contributed by atoms with Crippen LogP contribution in [-0.2, 0) is 14.3 Å². The molecule has 0 N–H and O–H groups in total. The average molecular weight is 454 g/mol. The molecule has 0 radical (unpaired) electrons. The molecule has 0 bridgehead atoms. The SMILES string of the molecule is COCC(C)n1c(C)cc(C(=O)COC(=O)CSc2ccc(Br)cc2)c1C. The summed E-state index contributed by atoms with van der Waals surface area (Å²) in [6.45, 7) is 6.21. The molecule has 146 valence electrons. The number of carbonyl (C=O) groups is 2. The molecule has 7 heteroatoms. The Labute approximate surface area is 172 Å². The van der Waals surface area contributed by atoms with Crippen molar-refractivity contribution in [3.8, 4) is 0 Å². The van der Waals surface area contributed by atoms with Gasteiger partial charge < -0.3 is 14.0 Å². The summed E-state index contributed by atoms with van der Waals surface area (Å²) in [7, 11) is 1.66. The largest absolute Gasteiger partial charge is 0.457 e. The molecule has 0 aliphatic carbocycles. The molecule has 0 aliphatic heterocycles. The Bertz CT molecular complexity index is 801. The summed E-state index contributed by atoms with van der Waals surface area (Å²) in [5, 5.41) is 0. The number of halogens is 1. The number of methoxy groups -OCH3 is 1. The Hall–Kier alpha value is -1.57. The number of Topliss-reactive ketones (excluding diaryl/α,β-unsaturated/α-hetero) is 1. The Morgan fingerprint density at radius 1 is 1.22 bits per heavy atom. The normalized spacial score (nSPS) is 12.0. The van der Waals surface area contributed by atoms with E-state index in [1.165, 1.54) is 11.8 Å². The van der Waals surface area contributed by atoms with E-state index in [0.717, 1.165) is 20.8 Å². The summed E-state index contributed by atoms with van der Waals surface area (Å²) >= 11 is 4.75. The van der Waals surface area contributed by atoms with Crippen molar-refractivity contribution < 1.29 is 19.1 Å². The fourth-order valence-corrected chi connectivity index (χ4v) is 3.95. The lowest BCUT2D eigenvalue weighted by Crippen LogP contribution is -2.17. The first-order valence-corrected chi connectivity index (χ1v) is 10.4. The van der Waals surface area contributed by atoms with Crippen LogP contribution >= 0.6 is 27.7 Å². The monoisotopic (exact) mass is 453 g/mol. The summed E-state index contributed by atoms with van der Waals surface area (Å²) in [5.74, 6) is -0.433. The van der Waals surface area contributed by atoms with E-state index in [4.69, 9.17) is 9.47 Å². The highest BCUT2D eigenvalue weighted by Crippen LogP contribution is 2.22. The van der Waals surface area contributed by atoms with Crippen LogP contribution in [0.4, 0.5) is 0 Å². The predicted octanol–water partition coefficient (Wildman–Crippen LogP) is 4.59. The van der Waals surface area contributed by atoms with E-state index < -0.39 is 5.97 Å². The Morgan fingerprint density at radius 2 is 1.89 bits per heavy atom. The number of aromatic nitrogens is 1. The Balaban J connectivity index is 1.90. The highest BCUT2D eigenvalue weighted by molar-refractivity contribution is 9.10. The highest BCUT2D eigenvalue weighted by Gasteiger charge is 2.19. The number of esters is 1. The second-order valence-electron chi connectivity index (χ2n) is 6.29. The second kappa shape index (κ2) is 10.1. The van der Waals surface area contributed by atoms with Crippen LogP contribution in [0.2, 0.25) is 0 Å². The molecule has 1 heterocycles. The molecule has 0 saturated carbocycles. The number of nitrogens with zero attached hydrogens (tertiary/aromatic N) is 1. The van der Waals surface area contributed by atoms with Gasteiger partial charge in [-0.3, -0.25) is 9.59 Å². The molecule has 0 amide bonds. The molecule has 0 spiro atoms. The summed E-state index contributed by atoms with van der Waals surface area (Å²) in [6.07, 6.45) is 0. The van der Waals surface area contributed by atoms with E-state index in [-0.39, 0.29) is 24.2 Å². The van der Waals surface area contributed by atoms with Crippen molar-refractivity contribution in [2.45, 2.75) is 31.7 Å². The number of hydrogen-bond acceptors (Lipinski definition) is 5. The number of benzene rings is 1. The maximum absolute atomic E-state index is 12.5. The summed E-state index contributed by atoms with van der Waals surface area (Å²) < 4.78 is 13.4. The van der Waals surface area contributed by atoms with Crippen LogP contribution in [0.5, 0.6) is 0 Å². The van der Waals surface area contributed by atoms with Crippen LogP contribution < -0.4 is 0 Å². The van der Waals surface area contributed by atoms with E-state index in [9.17, 15) is 9.59 Å². The smallest absolute Gasteiger partial charge is 0.316 e. The summed E-state index contributed by atoms with van der Waals surface area (Å²) in [5.41, 5.74) is 2.43. The third-order valence-electron chi connectivity index (χ3n) is 4.17. The lowest BCUT2D eigenvalue weighted by molar-refractivity contribution is -0.139. The van der Waals surface area contributed by atoms with Crippen LogP contribution in [0.3, 0.4) is 0 Å². The average Bonchev–Trinajstić information content (AvgIpc) is 2.93. The second-order valence-corrected chi connectivity index (χ2v) is 8.25. The number of carbonyl (C=O) groups excluding carboxylic acids is 2.